The van der Waals surface area contributed by atoms with Gasteiger partial charge >= 0.3 is 0 Å². The molecule has 0 radical (unpaired) electrons. The van der Waals surface area contributed by atoms with Gasteiger partial charge in [0, 0.05) is 25.2 Å². The van der Waals surface area contributed by atoms with Crippen molar-refractivity contribution >= 4 is 0 Å². The second kappa shape index (κ2) is 6.07. The summed E-state index contributed by atoms with van der Waals surface area (Å²) >= 11 is 0. The topological polar surface area (TPSA) is 47.0 Å². The van der Waals surface area contributed by atoms with Gasteiger partial charge < -0.3 is 10.1 Å². The molecular weight excluding hydrogens is 214 g/mol. The molecular formula is C13H21N3O. The van der Waals surface area contributed by atoms with Crippen molar-refractivity contribution in [1.29, 1.82) is 0 Å². The van der Waals surface area contributed by atoms with Crippen LogP contribution in [0.4, 0.5) is 0 Å². The maximum Gasteiger partial charge on any atom is 0.0756 e. The number of nitrogens with zero attached hydrogens (tertiary/aromatic N) is 2. The fourth-order valence-electron chi connectivity index (χ4n) is 2.45. The molecule has 4 nitrogen and oxygen atoms in total. The predicted octanol–water partition coefficient (Wildman–Crippen LogP) is 1.94. The molecule has 1 atom stereocenters. The summed E-state index contributed by atoms with van der Waals surface area (Å²) in [5, 5.41) is 3.32. The summed E-state index contributed by atoms with van der Waals surface area (Å²) < 4.78 is 5.58. The van der Waals surface area contributed by atoms with Gasteiger partial charge in [-0.1, -0.05) is 0 Å². The summed E-state index contributed by atoms with van der Waals surface area (Å²) in [6, 6.07) is 0.316. The van der Waals surface area contributed by atoms with Gasteiger partial charge in [-0.3, -0.25) is 9.97 Å². The first-order valence-electron chi connectivity index (χ1n) is 6.38. The SMILES string of the molecule is CCOC1CC(CC(NC)c2cnccn2)C1. The predicted molar refractivity (Wildman–Crippen MR) is 66.6 cm³/mol. The molecule has 4 heteroatoms. The molecule has 2 rings (SSSR count). The molecule has 1 unspecified atom stereocenters. The Labute approximate surface area is 103 Å². The highest BCUT2D eigenvalue weighted by Gasteiger charge is 2.31. The second-order valence-corrected chi connectivity index (χ2v) is 4.62. The van der Waals surface area contributed by atoms with Gasteiger partial charge in [0.25, 0.3) is 0 Å². The fraction of sp³-hybridized carbons (Fsp3) is 0.692. The molecule has 0 spiro atoms. The highest BCUT2D eigenvalue weighted by Crippen LogP contribution is 2.36. The lowest BCUT2D eigenvalue weighted by atomic mass is 9.78. The molecule has 1 saturated carbocycles. The van der Waals surface area contributed by atoms with Crippen LogP contribution in [0.3, 0.4) is 0 Å². The van der Waals surface area contributed by atoms with Crippen LogP contribution in [0.15, 0.2) is 18.6 Å². The molecule has 1 aromatic rings. The van der Waals surface area contributed by atoms with Crippen LogP contribution in [-0.2, 0) is 4.74 Å². The first-order chi connectivity index (χ1) is 8.33. The molecule has 17 heavy (non-hydrogen) atoms. The molecule has 94 valence electrons. The average molecular weight is 235 g/mol. The van der Waals surface area contributed by atoms with E-state index >= 15 is 0 Å². The quantitative estimate of drug-likeness (QED) is 0.818. The highest BCUT2D eigenvalue weighted by molar-refractivity contribution is 5.03. The van der Waals surface area contributed by atoms with Gasteiger partial charge in [0.15, 0.2) is 0 Å². The Kier molecular flexibility index (Phi) is 4.45. The van der Waals surface area contributed by atoms with Crippen molar-refractivity contribution in [3.05, 3.63) is 24.3 Å². The van der Waals surface area contributed by atoms with Crippen LogP contribution in [0.5, 0.6) is 0 Å². The Hall–Kier alpha value is -1.00. The summed E-state index contributed by atoms with van der Waals surface area (Å²) in [5.74, 6) is 0.756. The van der Waals surface area contributed by atoms with Crippen molar-refractivity contribution in [1.82, 2.24) is 15.3 Å². The third-order valence-electron chi connectivity index (χ3n) is 3.45. The molecule has 0 bridgehead atoms. The van der Waals surface area contributed by atoms with Crippen LogP contribution < -0.4 is 5.32 Å². The van der Waals surface area contributed by atoms with E-state index in [-0.39, 0.29) is 0 Å². The molecule has 1 N–H and O–H groups in total. The first-order valence-corrected chi connectivity index (χ1v) is 6.38. The van der Waals surface area contributed by atoms with Crippen LogP contribution in [0.25, 0.3) is 0 Å². The number of ether oxygens (including phenoxy) is 1. The zero-order chi connectivity index (χ0) is 12.1. The maximum absolute atomic E-state index is 5.58. The van der Waals surface area contributed by atoms with Crippen LogP contribution >= 0.6 is 0 Å². The minimum absolute atomic E-state index is 0.316. The van der Waals surface area contributed by atoms with Crippen molar-refractivity contribution in [2.24, 2.45) is 5.92 Å². The van der Waals surface area contributed by atoms with Gasteiger partial charge in [-0.05, 0) is 39.2 Å². The number of rotatable bonds is 6. The summed E-state index contributed by atoms with van der Waals surface area (Å²) in [7, 11) is 1.98. The van der Waals surface area contributed by atoms with Crippen molar-refractivity contribution in [3.8, 4) is 0 Å². The first kappa shape index (κ1) is 12.5. The molecule has 1 heterocycles. The third-order valence-corrected chi connectivity index (χ3v) is 3.45. The maximum atomic E-state index is 5.58. The van der Waals surface area contributed by atoms with Crippen LogP contribution in [-0.4, -0.2) is 29.7 Å². The molecule has 0 aliphatic heterocycles. The average Bonchev–Trinajstić information content (AvgIpc) is 2.33. The monoisotopic (exact) mass is 235 g/mol. The van der Waals surface area contributed by atoms with E-state index < -0.39 is 0 Å². The van der Waals surface area contributed by atoms with E-state index in [4.69, 9.17) is 4.74 Å². The van der Waals surface area contributed by atoms with Gasteiger partial charge in [0.1, 0.15) is 0 Å². The molecule has 1 aliphatic carbocycles. The number of aromatic nitrogens is 2. The molecule has 0 saturated heterocycles. The van der Waals surface area contributed by atoms with Crippen molar-refractivity contribution in [2.45, 2.75) is 38.3 Å². The van der Waals surface area contributed by atoms with E-state index in [0.29, 0.717) is 12.1 Å². The normalized spacial score (nSPS) is 25.3. The van der Waals surface area contributed by atoms with E-state index in [1.165, 1.54) is 12.8 Å². The molecule has 1 aromatic heterocycles. The Bertz CT molecular complexity index is 325. The van der Waals surface area contributed by atoms with Gasteiger partial charge in [0.05, 0.1) is 17.8 Å². The summed E-state index contributed by atoms with van der Waals surface area (Å²) in [6.07, 6.45) is 9.30. The summed E-state index contributed by atoms with van der Waals surface area (Å²) in [5.41, 5.74) is 1.04. The van der Waals surface area contributed by atoms with E-state index in [0.717, 1.165) is 24.6 Å². The standard InChI is InChI=1S/C13H21N3O/c1-3-17-11-6-10(7-11)8-12(14-2)13-9-15-4-5-16-13/h4-5,9-12,14H,3,6-8H2,1-2H3. The van der Waals surface area contributed by atoms with Gasteiger partial charge in [-0.2, -0.15) is 0 Å². The summed E-state index contributed by atoms with van der Waals surface area (Å²) in [4.78, 5) is 8.48. The lowest BCUT2D eigenvalue weighted by Gasteiger charge is -2.36. The Morgan fingerprint density at radius 2 is 2.29 bits per heavy atom. The number of hydrogen-bond acceptors (Lipinski definition) is 4. The second-order valence-electron chi connectivity index (χ2n) is 4.62. The zero-order valence-corrected chi connectivity index (χ0v) is 10.6. The lowest BCUT2D eigenvalue weighted by Crippen LogP contribution is -2.34. The van der Waals surface area contributed by atoms with Crippen LogP contribution in [0, 0.1) is 5.92 Å². The Morgan fingerprint density at radius 1 is 1.47 bits per heavy atom. The molecule has 0 aromatic carbocycles. The molecule has 1 fully saturated rings. The highest BCUT2D eigenvalue weighted by atomic mass is 16.5. The lowest BCUT2D eigenvalue weighted by molar-refractivity contribution is -0.0290. The minimum atomic E-state index is 0.316. The Balaban J connectivity index is 1.82. The molecule has 1 aliphatic rings. The van der Waals surface area contributed by atoms with E-state index in [2.05, 4.69) is 22.2 Å². The van der Waals surface area contributed by atoms with E-state index in [1.807, 2.05) is 13.2 Å². The number of nitrogens with one attached hydrogen (secondary N) is 1. The van der Waals surface area contributed by atoms with Crippen molar-refractivity contribution < 1.29 is 4.74 Å². The Morgan fingerprint density at radius 3 is 2.88 bits per heavy atom. The molecule has 0 amide bonds. The third kappa shape index (κ3) is 3.23. The van der Waals surface area contributed by atoms with Gasteiger partial charge in [0.2, 0.25) is 0 Å². The number of hydrogen-bond donors (Lipinski definition) is 1. The smallest absolute Gasteiger partial charge is 0.0756 e. The van der Waals surface area contributed by atoms with Gasteiger partial charge in [-0.15, -0.1) is 0 Å². The fourth-order valence-corrected chi connectivity index (χ4v) is 2.45. The van der Waals surface area contributed by atoms with Crippen molar-refractivity contribution in [2.75, 3.05) is 13.7 Å². The summed E-state index contributed by atoms with van der Waals surface area (Å²) in [6.45, 7) is 2.89. The van der Waals surface area contributed by atoms with Crippen LogP contribution in [0.1, 0.15) is 37.9 Å². The van der Waals surface area contributed by atoms with Crippen LogP contribution in [0.2, 0.25) is 0 Å². The zero-order valence-electron chi connectivity index (χ0n) is 10.6. The van der Waals surface area contributed by atoms with E-state index in [9.17, 15) is 0 Å². The van der Waals surface area contributed by atoms with Gasteiger partial charge in [-0.25, -0.2) is 0 Å². The van der Waals surface area contributed by atoms with Crippen molar-refractivity contribution in [3.63, 3.8) is 0 Å². The minimum Gasteiger partial charge on any atom is -0.378 e. The largest absolute Gasteiger partial charge is 0.378 e. The van der Waals surface area contributed by atoms with E-state index in [1.54, 1.807) is 12.4 Å².